The van der Waals surface area contributed by atoms with Gasteiger partial charge < -0.3 is 19.3 Å². The van der Waals surface area contributed by atoms with Crippen LogP contribution in [-0.2, 0) is 28.6 Å². The molecule has 0 atom stereocenters. The zero-order valence-electron chi connectivity index (χ0n) is 17.8. The zero-order chi connectivity index (χ0) is 22.5. The van der Waals surface area contributed by atoms with E-state index in [1.807, 2.05) is 0 Å². The van der Waals surface area contributed by atoms with E-state index < -0.39 is 5.97 Å². The average molecular weight is 468 g/mol. The number of carbonyl (C=O) groups excluding carboxylic acids is 2. The Hall–Kier alpha value is -0.810. The molecule has 10 heteroatoms. The molecule has 176 valence electrons. The number of amides is 2. The molecular weight excluding hydrogens is 430 g/mol. The second kappa shape index (κ2) is 21.4. The van der Waals surface area contributed by atoms with E-state index >= 15 is 0 Å². The highest BCUT2D eigenvalue weighted by Crippen LogP contribution is 2.09. The van der Waals surface area contributed by atoms with Crippen molar-refractivity contribution < 1.29 is 33.7 Å². The lowest BCUT2D eigenvalue weighted by Gasteiger charge is -2.21. The van der Waals surface area contributed by atoms with E-state index in [-0.39, 0.29) is 44.8 Å². The van der Waals surface area contributed by atoms with Crippen LogP contribution in [0.15, 0.2) is 0 Å². The maximum Gasteiger partial charge on any atom is 0.329 e. The summed E-state index contributed by atoms with van der Waals surface area (Å²) in [6, 6.07) is 0. The normalized spacial score (nSPS) is 10.9. The maximum absolute atomic E-state index is 12.5. The van der Waals surface area contributed by atoms with Crippen molar-refractivity contribution in [3.63, 3.8) is 0 Å². The van der Waals surface area contributed by atoms with Crippen molar-refractivity contribution in [3.05, 3.63) is 0 Å². The largest absolute Gasteiger partial charge is 0.480 e. The van der Waals surface area contributed by atoms with Gasteiger partial charge in [0, 0.05) is 12.8 Å². The van der Waals surface area contributed by atoms with E-state index in [0.29, 0.717) is 26.1 Å². The Morgan fingerprint density at radius 1 is 0.667 bits per heavy atom. The van der Waals surface area contributed by atoms with Gasteiger partial charge in [-0.15, -0.1) is 0 Å². The fourth-order valence-electron chi connectivity index (χ4n) is 2.54. The highest BCUT2D eigenvalue weighted by Gasteiger charge is 2.20. The van der Waals surface area contributed by atoms with E-state index in [2.05, 4.69) is 25.3 Å². The molecule has 0 aromatic rings. The van der Waals surface area contributed by atoms with Crippen LogP contribution in [0.25, 0.3) is 0 Å². The summed E-state index contributed by atoms with van der Waals surface area (Å²) in [5, 5.41) is 8.44. The molecule has 0 aliphatic heterocycles. The number of carboxylic acids is 1. The van der Waals surface area contributed by atoms with Gasteiger partial charge in [0.15, 0.2) is 0 Å². The van der Waals surface area contributed by atoms with E-state index in [1.165, 1.54) is 4.90 Å². The molecule has 0 spiro atoms. The van der Waals surface area contributed by atoms with Crippen LogP contribution >= 0.6 is 25.3 Å². The number of hydrogen-bond donors (Lipinski definition) is 3. The molecule has 0 aromatic carbocycles. The zero-order valence-corrected chi connectivity index (χ0v) is 19.5. The predicted molar refractivity (Wildman–Crippen MR) is 121 cm³/mol. The first-order chi connectivity index (χ1) is 14.5. The average Bonchev–Trinajstić information content (AvgIpc) is 2.72. The third-order valence-electron chi connectivity index (χ3n) is 4.13. The molecule has 1 N–H and O–H groups in total. The van der Waals surface area contributed by atoms with Gasteiger partial charge in [-0.1, -0.05) is 12.8 Å². The summed E-state index contributed by atoms with van der Waals surface area (Å²) in [7, 11) is 0. The number of rotatable bonds is 21. The minimum absolute atomic E-state index is 0.149. The van der Waals surface area contributed by atoms with E-state index in [1.54, 1.807) is 0 Å². The second-order valence-electron chi connectivity index (χ2n) is 6.68. The van der Waals surface area contributed by atoms with Crippen LogP contribution in [0.4, 0.5) is 0 Å². The number of imide groups is 1. The first-order valence-electron chi connectivity index (χ1n) is 10.5. The number of nitrogens with zero attached hydrogens (tertiary/aromatic N) is 1. The summed E-state index contributed by atoms with van der Waals surface area (Å²) in [4.78, 5) is 36.6. The lowest BCUT2D eigenvalue weighted by Crippen LogP contribution is -2.39. The minimum Gasteiger partial charge on any atom is -0.480 e. The van der Waals surface area contributed by atoms with E-state index in [4.69, 9.17) is 19.3 Å². The predicted octanol–water partition coefficient (Wildman–Crippen LogP) is 2.46. The van der Waals surface area contributed by atoms with Gasteiger partial charge in [-0.25, -0.2) is 4.79 Å². The third kappa shape index (κ3) is 18.0. The number of hydrogen-bond acceptors (Lipinski definition) is 8. The number of carboxylic acid groups (broad SMARTS) is 1. The van der Waals surface area contributed by atoms with Crippen LogP contribution < -0.4 is 0 Å². The Balaban J connectivity index is 4.12. The summed E-state index contributed by atoms with van der Waals surface area (Å²) < 4.78 is 15.6. The first-order valence-corrected chi connectivity index (χ1v) is 11.8. The van der Waals surface area contributed by atoms with Crippen LogP contribution in [0.3, 0.4) is 0 Å². The molecule has 0 saturated carbocycles. The summed E-state index contributed by atoms with van der Waals surface area (Å²) in [6.45, 7) is 1.26. The Morgan fingerprint density at radius 2 is 1.13 bits per heavy atom. The van der Waals surface area contributed by atoms with Gasteiger partial charge in [0.1, 0.15) is 6.61 Å². The van der Waals surface area contributed by atoms with Crippen molar-refractivity contribution in [2.45, 2.75) is 51.4 Å². The quantitative estimate of drug-likeness (QED) is 0.176. The Kier molecular flexibility index (Phi) is 20.8. The van der Waals surface area contributed by atoms with Gasteiger partial charge in [0.25, 0.3) is 0 Å². The highest BCUT2D eigenvalue weighted by molar-refractivity contribution is 7.80. The summed E-state index contributed by atoms with van der Waals surface area (Å²) >= 11 is 8.34. The first kappa shape index (κ1) is 29.2. The van der Waals surface area contributed by atoms with Crippen molar-refractivity contribution in [2.24, 2.45) is 0 Å². The third-order valence-corrected chi connectivity index (χ3v) is 4.76. The molecule has 30 heavy (non-hydrogen) atoms. The smallest absolute Gasteiger partial charge is 0.329 e. The molecule has 0 saturated heterocycles. The SMILES string of the molecule is O=C(O)COCCOCCOCCN(C(=O)CCCCCS)C(=O)CCCCCS. The van der Waals surface area contributed by atoms with Gasteiger partial charge in [0.2, 0.25) is 11.8 Å². The molecule has 0 bridgehead atoms. The van der Waals surface area contributed by atoms with Crippen LogP contribution in [0, 0.1) is 0 Å². The molecule has 8 nitrogen and oxygen atoms in total. The molecule has 2 amide bonds. The molecule has 0 fully saturated rings. The molecule has 0 heterocycles. The number of aliphatic carboxylic acids is 1. The molecule has 0 unspecified atom stereocenters. The molecular formula is C20H37NO7S2. The molecule has 0 rings (SSSR count). The fourth-order valence-corrected chi connectivity index (χ4v) is 2.99. The van der Waals surface area contributed by atoms with Crippen molar-refractivity contribution in [2.75, 3.05) is 57.7 Å². The van der Waals surface area contributed by atoms with Gasteiger partial charge in [-0.3, -0.25) is 14.5 Å². The van der Waals surface area contributed by atoms with Crippen molar-refractivity contribution in [3.8, 4) is 0 Å². The molecule has 0 aliphatic rings. The van der Waals surface area contributed by atoms with Gasteiger partial charge >= 0.3 is 5.97 Å². The molecule has 0 aliphatic carbocycles. The Labute approximate surface area is 190 Å². The monoisotopic (exact) mass is 467 g/mol. The topological polar surface area (TPSA) is 102 Å². The number of carbonyl (C=O) groups is 3. The molecule has 0 aromatic heterocycles. The van der Waals surface area contributed by atoms with Crippen molar-refractivity contribution >= 4 is 43.0 Å². The summed E-state index contributed by atoms with van der Waals surface area (Å²) in [5.74, 6) is 0.274. The Bertz CT molecular complexity index is 442. The van der Waals surface area contributed by atoms with Crippen LogP contribution in [0.5, 0.6) is 0 Å². The minimum atomic E-state index is -1.02. The Morgan fingerprint density at radius 3 is 1.60 bits per heavy atom. The van der Waals surface area contributed by atoms with E-state index in [0.717, 1.165) is 50.0 Å². The highest BCUT2D eigenvalue weighted by atomic mass is 32.1. The second-order valence-corrected chi connectivity index (χ2v) is 7.57. The van der Waals surface area contributed by atoms with Crippen molar-refractivity contribution in [1.82, 2.24) is 4.90 Å². The van der Waals surface area contributed by atoms with Gasteiger partial charge in [0.05, 0.1) is 39.6 Å². The van der Waals surface area contributed by atoms with Gasteiger partial charge in [-0.05, 0) is 37.2 Å². The molecule has 0 radical (unpaired) electrons. The standard InChI is InChI=1S/C20H37NO7S2/c22-18(7-3-1-5-15-29)21(19(23)8-4-2-6-16-30)9-10-26-11-12-27-13-14-28-17-20(24)25/h29-30H,1-17H2,(H,24,25). The lowest BCUT2D eigenvalue weighted by molar-refractivity contribution is -0.146. The lowest BCUT2D eigenvalue weighted by atomic mass is 10.1. The summed E-state index contributed by atoms with van der Waals surface area (Å²) in [5.41, 5.74) is 0. The van der Waals surface area contributed by atoms with Crippen LogP contribution in [-0.4, -0.2) is 85.5 Å². The number of thiol groups is 2. The summed E-state index contributed by atoms with van der Waals surface area (Å²) in [6.07, 6.45) is 5.97. The fraction of sp³-hybridized carbons (Fsp3) is 0.850. The van der Waals surface area contributed by atoms with E-state index in [9.17, 15) is 14.4 Å². The maximum atomic E-state index is 12.5. The number of ether oxygens (including phenoxy) is 3. The van der Waals surface area contributed by atoms with Crippen LogP contribution in [0.1, 0.15) is 51.4 Å². The van der Waals surface area contributed by atoms with Gasteiger partial charge in [-0.2, -0.15) is 25.3 Å². The van der Waals surface area contributed by atoms with Crippen molar-refractivity contribution in [1.29, 1.82) is 0 Å². The van der Waals surface area contributed by atoms with Crippen LogP contribution in [0.2, 0.25) is 0 Å². The number of unbranched alkanes of at least 4 members (excludes halogenated alkanes) is 4.